The Labute approximate surface area is 97.8 Å². The standard InChI is InChI=1S/C12H23N3O/c1-9(13)8-12-10(2)14-15(11(12)3)6-5-7-16-4/h9H,5-8,13H2,1-4H3. The zero-order chi connectivity index (χ0) is 12.1. The van der Waals surface area contributed by atoms with E-state index in [9.17, 15) is 0 Å². The number of ether oxygens (including phenoxy) is 1. The predicted octanol–water partition coefficient (Wildman–Crippen LogP) is 1.43. The van der Waals surface area contributed by atoms with E-state index >= 15 is 0 Å². The normalized spacial score (nSPS) is 13.1. The van der Waals surface area contributed by atoms with Crippen LogP contribution in [0.25, 0.3) is 0 Å². The van der Waals surface area contributed by atoms with Gasteiger partial charge in [0.1, 0.15) is 0 Å². The van der Waals surface area contributed by atoms with Gasteiger partial charge in [0.05, 0.1) is 5.69 Å². The summed E-state index contributed by atoms with van der Waals surface area (Å²) in [6.45, 7) is 7.89. The third-order valence-electron chi connectivity index (χ3n) is 2.78. The van der Waals surface area contributed by atoms with E-state index in [4.69, 9.17) is 10.5 Å². The Morgan fingerprint density at radius 1 is 1.44 bits per heavy atom. The van der Waals surface area contributed by atoms with Crippen molar-refractivity contribution in [2.75, 3.05) is 13.7 Å². The molecule has 0 spiro atoms. The average molecular weight is 225 g/mol. The zero-order valence-corrected chi connectivity index (χ0v) is 10.8. The Hall–Kier alpha value is -0.870. The van der Waals surface area contributed by atoms with Gasteiger partial charge in [0, 0.05) is 32.0 Å². The van der Waals surface area contributed by atoms with Crippen LogP contribution in [-0.2, 0) is 17.7 Å². The van der Waals surface area contributed by atoms with Crippen molar-refractivity contribution in [2.24, 2.45) is 5.73 Å². The van der Waals surface area contributed by atoms with Crippen molar-refractivity contribution >= 4 is 0 Å². The topological polar surface area (TPSA) is 53.1 Å². The highest BCUT2D eigenvalue weighted by Gasteiger charge is 2.12. The zero-order valence-electron chi connectivity index (χ0n) is 10.8. The number of hydrogen-bond donors (Lipinski definition) is 1. The fourth-order valence-electron chi connectivity index (χ4n) is 1.93. The lowest BCUT2D eigenvalue weighted by Gasteiger charge is -2.07. The molecule has 0 fully saturated rings. The predicted molar refractivity (Wildman–Crippen MR) is 65.5 cm³/mol. The Morgan fingerprint density at radius 3 is 2.69 bits per heavy atom. The molecule has 1 atom stereocenters. The molecule has 0 aromatic carbocycles. The van der Waals surface area contributed by atoms with Crippen LogP contribution in [-0.4, -0.2) is 29.5 Å². The summed E-state index contributed by atoms with van der Waals surface area (Å²) in [5.41, 5.74) is 9.48. The van der Waals surface area contributed by atoms with Crippen molar-refractivity contribution in [2.45, 2.75) is 46.2 Å². The minimum absolute atomic E-state index is 0.189. The van der Waals surface area contributed by atoms with E-state index in [1.807, 2.05) is 6.92 Å². The van der Waals surface area contributed by atoms with Gasteiger partial charge in [0.15, 0.2) is 0 Å². The largest absolute Gasteiger partial charge is 0.385 e. The first-order chi connectivity index (χ1) is 7.56. The Morgan fingerprint density at radius 2 is 2.12 bits per heavy atom. The van der Waals surface area contributed by atoms with E-state index in [2.05, 4.69) is 23.6 Å². The molecule has 1 unspecified atom stereocenters. The van der Waals surface area contributed by atoms with E-state index < -0.39 is 0 Å². The Kier molecular flexibility index (Phi) is 4.96. The molecule has 0 amide bonds. The molecular formula is C12H23N3O. The van der Waals surface area contributed by atoms with Crippen molar-refractivity contribution in [3.63, 3.8) is 0 Å². The highest BCUT2D eigenvalue weighted by Crippen LogP contribution is 2.15. The van der Waals surface area contributed by atoms with Gasteiger partial charge in [-0.2, -0.15) is 5.10 Å². The molecule has 0 aliphatic heterocycles. The van der Waals surface area contributed by atoms with Gasteiger partial charge < -0.3 is 10.5 Å². The van der Waals surface area contributed by atoms with Gasteiger partial charge in [0.25, 0.3) is 0 Å². The number of hydrogen-bond acceptors (Lipinski definition) is 3. The van der Waals surface area contributed by atoms with Crippen LogP contribution in [0.2, 0.25) is 0 Å². The monoisotopic (exact) mass is 225 g/mol. The van der Waals surface area contributed by atoms with Crippen LogP contribution in [0.1, 0.15) is 30.3 Å². The van der Waals surface area contributed by atoms with Crippen LogP contribution in [0, 0.1) is 13.8 Å². The quantitative estimate of drug-likeness (QED) is 0.745. The lowest BCUT2D eigenvalue weighted by Crippen LogP contribution is -2.18. The van der Waals surface area contributed by atoms with Crippen molar-refractivity contribution in [1.29, 1.82) is 0 Å². The molecule has 0 saturated carbocycles. The third-order valence-corrected chi connectivity index (χ3v) is 2.78. The highest BCUT2D eigenvalue weighted by molar-refractivity contribution is 5.25. The van der Waals surface area contributed by atoms with Crippen LogP contribution in [0.4, 0.5) is 0 Å². The molecule has 1 aromatic rings. The summed E-state index contributed by atoms with van der Waals surface area (Å²) in [4.78, 5) is 0. The van der Waals surface area contributed by atoms with Gasteiger partial charge in [-0.25, -0.2) is 0 Å². The Balaban J connectivity index is 2.72. The maximum absolute atomic E-state index is 5.84. The molecule has 0 aliphatic carbocycles. The minimum Gasteiger partial charge on any atom is -0.385 e. The lowest BCUT2D eigenvalue weighted by atomic mass is 10.1. The molecule has 0 bridgehead atoms. The number of rotatable bonds is 6. The van der Waals surface area contributed by atoms with Gasteiger partial charge in [-0.3, -0.25) is 4.68 Å². The van der Waals surface area contributed by atoms with Crippen molar-refractivity contribution in [1.82, 2.24) is 9.78 Å². The third kappa shape index (κ3) is 3.32. The maximum atomic E-state index is 5.84. The van der Waals surface area contributed by atoms with Gasteiger partial charge in [-0.15, -0.1) is 0 Å². The molecule has 1 aromatic heterocycles. The summed E-state index contributed by atoms with van der Waals surface area (Å²) in [6, 6.07) is 0.189. The molecule has 4 nitrogen and oxygen atoms in total. The van der Waals surface area contributed by atoms with Crippen molar-refractivity contribution in [3.05, 3.63) is 17.0 Å². The second-order valence-corrected chi connectivity index (χ2v) is 4.40. The van der Waals surface area contributed by atoms with Crippen LogP contribution in [0.5, 0.6) is 0 Å². The molecule has 1 heterocycles. The molecule has 16 heavy (non-hydrogen) atoms. The van der Waals surface area contributed by atoms with Gasteiger partial charge in [-0.1, -0.05) is 0 Å². The number of nitrogens with zero attached hydrogens (tertiary/aromatic N) is 2. The SMILES string of the molecule is COCCCn1nc(C)c(CC(C)N)c1C. The summed E-state index contributed by atoms with van der Waals surface area (Å²) in [6.07, 6.45) is 1.90. The molecule has 1 rings (SSSR count). The Bertz CT molecular complexity index is 331. The number of methoxy groups -OCH3 is 1. The fourth-order valence-corrected chi connectivity index (χ4v) is 1.93. The molecule has 0 saturated heterocycles. The molecule has 2 N–H and O–H groups in total. The summed E-state index contributed by atoms with van der Waals surface area (Å²) >= 11 is 0. The van der Waals surface area contributed by atoms with Crippen LogP contribution < -0.4 is 5.73 Å². The first-order valence-corrected chi connectivity index (χ1v) is 5.83. The number of aromatic nitrogens is 2. The van der Waals surface area contributed by atoms with Crippen LogP contribution in [0.15, 0.2) is 0 Å². The second kappa shape index (κ2) is 6.01. The van der Waals surface area contributed by atoms with E-state index in [-0.39, 0.29) is 6.04 Å². The maximum Gasteiger partial charge on any atom is 0.0629 e. The summed E-state index contributed by atoms with van der Waals surface area (Å²) in [7, 11) is 1.72. The lowest BCUT2D eigenvalue weighted by molar-refractivity contribution is 0.188. The molecular weight excluding hydrogens is 202 g/mol. The van der Waals surface area contributed by atoms with E-state index in [1.165, 1.54) is 11.3 Å². The van der Waals surface area contributed by atoms with Gasteiger partial charge in [0.2, 0.25) is 0 Å². The average Bonchev–Trinajstić information content (AvgIpc) is 2.46. The summed E-state index contributed by atoms with van der Waals surface area (Å²) in [5.74, 6) is 0. The van der Waals surface area contributed by atoms with Crippen molar-refractivity contribution < 1.29 is 4.74 Å². The van der Waals surface area contributed by atoms with Crippen molar-refractivity contribution in [3.8, 4) is 0 Å². The molecule has 0 aliphatic rings. The molecule has 4 heteroatoms. The fraction of sp³-hybridized carbons (Fsp3) is 0.750. The molecule has 0 radical (unpaired) electrons. The van der Waals surface area contributed by atoms with Gasteiger partial charge >= 0.3 is 0 Å². The van der Waals surface area contributed by atoms with Gasteiger partial charge in [-0.05, 0) is 39.2 Å². The summed E-state index contributed by atoms with van der Waals surface area (Å²) < 4.78 is 7.11. The smallest absolute Gasteiger partial charge is 0.0629 e. The molecule has 92 valence electrons. The van der Waals surface area contributed by atoms with Crippen LogP contribution >= 0.6 is 0 Å². The van der Waals surface area contributed by atoms with Crippen LogP contribution in [0.3, 0.4) is 0 Å². The minimum atomic E-state index is 0.189. The first-order valence-electron chi connectivity index (χ1n) is 5.83. The van der Waals surface area contributed by atoms with E-state index in [0.717, 1.165) is 31.7 Å². The second-order valence-electron chi connectivity index (χ2n) is 4.40. The first kappa shape index (κ1) is 13.2. The van der Waals surface area contributed by atoms with E-state index in [0.29, 0.717) is 0 Å². The number of aryl methyl sites for hydroxylation is 2. The summed E-state index contributed by atoms with van der Waals surface area (Å²) in [5, 5.41) is 4.54. The van der Waals surface area contributed by atoms with E-state index in [1.54, 1.807) is 7.11 Å². The highest BCUT2D eigenvalue weighted by atomic mass is 16.5. The number of nitrogens with two attached hydrogens (primary N) is 1.